The third kappa shape index (κ3) is 6.54. The van der Waals surface area contributed by atoms with Gasteiger partial charge < -0.3 is 29.6 Å². The number of methoxy groups -OCH3 is 3. The molecule has 1 saturated carbocycles. The highest BCUT2D eigenvalue weighted by Crippen LogP contribution is 2.35. The Hall–Kier alpha value is -1.46. The van der Waals surface area contributed by atoms with E-state index in [2.05, 4.69) is 20.5 Å². The molecule has 1 aromatic rings. The molecule has 2 fully saturated rings. The number of nitrogens with one attached hydrogen (secondary N) is 2. The van der Waals surface area contributed by atoms with E-state index in [-0.39, 0.29) is 29.5 Å². The number of aliphatic imine (C=N–C) groups is 1. The van der Waals surface area contributed by atoms with Crippen LogP contribution in [0.3, 0.4) is 0 Å². The van der Waals surface area contributed by atoms with Crippen molar-refractivity contribution in [2.75, 3.05) is 61.2 Å². The van der Waals surface area contributed by atoms with Gasteiger partial charge in [-0.05, 0) is 12.8 Å². The van der Waals surface area contributed by atoms with Gasteiger partial charge in [0.15, 0.2) is 5.96 Å². The van der Waals surface area contributed by atoms with E-state index in [9.17, 15) is 0 Å². The molecular formula is C23H39IN4O4. The number of morpholine rings is 1. The van der Waals surface area contributed by atoms with Crippen molar-refractivity contribution >= 4 is 29.9 Å². The average Bonchev–Trinajstić information content (AvgIpc) is 2.84. The highest BCUT2D eigenvalue weighted by molar-refractivity contribution is 14.0. The summed E-state index contributed by atoms with van der Waals surface area (Å²) in [7, 11) is 6.74. The minimum Gasteiger partial charge on any atom is -0.496 e. The van der Waals surface area contributed by atoms with Crippen LogP contribution in [0, 0.1) is 0 Å². The number of halogens is 1. The highest BCUT2D eigenvalue weighted by Gasteiger charge is 2.38. The standard InChI is InChI=1S/C23H38N4O4.HI/c1-24-22(25-16-19-20(29-3)14-18(28-2)15-21(19)30-4)26-17-23(8-6-5-7-9-23)27-10-12-31-13-11-27;/h14-15H,5-13,16-17H2,1-4H3,(H2,24,25,26);1H. The molecule has 0 bridgehead atoms. The first kappa shape index (κ1) is 26.8. The van der Waals surface area contributed by atoms with Gasteiger partial charge in [-0.15, -0.1) is 24.0 Å². The van der Waals surface area contributed by atoms with Gasteiger partial charge in [-0.1, -0.05) is 19.3 Å². The van der Waals surface area contributed by atoms with Gasteiger partial charge in [-0.25, -0.2) is 0 Å². The quantitative estimate of drug-likeness (QED) is 0.287. The lowest BCUT2D eigenvalue weighted by molar-refractivity contribution is -0.0352. The van der Waals surface area contributed by atoms with Crippen LogP contribution in [0.15, 0.2) is 17.1 Å². The van der Waals surface area contributed by atoms with E-state index in [4.69, 9.17) is 18.9 Å². The third-order valence-corrected chi connectivity index (χ3v) is 6.52. The largest absolute Gasteiger partial charge is 0.496 e. The van der Waals surface area contributed by atoms with Crippen molar-refractivity contribution in [3.8, 4) is 17.2 Å². The van der Waals surface area contributed by atoms with Crippen LogP contribution in [0.2, 0.25) is 0 Å². The fourth-order valence-corrected chi connectivity index (χ4v) is 4.75. The van der Waals surface area contributed by atoms with Crippen molar-refractivity contribution in [3.63, 3.8) is 0 Å². The summed E-state index contributed by atoms with van der Waals surface area (Å²) in [4.78, 5) is 7.08. The Morgan fingerprint density at radius 3 is 2.16 bits per heavy atom. The van der Waals surface area contributed by atoms with Crippen molar-refractivity contribution < 1.29 is 18.9 Å². The van der Waals surface area contributed by atoms with E-state index in [0.29, 0.717) is 12.3 Å². The Bertz CT molecular complexity index is 710. The molecule has 1 aromatic carbocycles. The average molecular weight is 562 g/mol. The second-order valence-electron chi connectivity index (χ2n) is 8.17. The van der Waals surface area contributed by atoms with Crippen molar-refractivity contribution in [3.05, 3.63) is 17.7 Å². The van der Waals surface area contributed by atoms with Gasteiger partial charge in [-0.3, -0.25) is 9.89 Å². The second kappa shape index (κ2) is 13.3. The smallest absolute Gasteiger partial charge is 0.191 e. The molecule has 0 amide bonds. The maximum absolute atomic E-state index is 5.60. The molecule has 1 saturated heterocycles. The van der Waals surface area contributed by atoms with Gasteiger partial charge in [0.05, 0.1) is 46.7 Å². The molecule has 0 unspecified atom stereocenters. The molecule has 9 heteroatoms. The van der Waals surface area contributed by atoms with Crippen LogP contribution in [0.4, 0.5) is 0 Å². The SMILES string of the molecule is CN=C(NCc1c(OC)cc(OC)cc1OC)NCC1(N2CCOCC2)CCCCC1.I. The monoisotopic (exact) mass is 562 g/mol. The van der Waals surface area contributed by atoms with Crippen LogP contribution in [0.25, 0.3) is 0 Å². The first-order valence-electron chi connectivity index (χ1n) is 11.2. The topological polar surface area (TPSA) is 76.6 Å². The molecule has 32 heavy (non-hydrogen) atoms. The fourth-order valence-electron chi connectivity index (χ4n) is 4.75. The summed E-state index contributed by atoms with van der Waals surface area (Å²) in [5, 5.41) is 7.02. The lowest BCUT2D eigenvalue weighted by Crippen LogP contribution is -2.60. The summed E-state index contributed by atoms with van der Waals surface area (Å²) < 4.78 is 22.1. The van der Waals surface area contributed by atoms with Crippen molar-refractivity contribution in [1.29, 1.82) is 0 Å². The summed E-state index contributed by atoms with van der Waals surface area (Å²) in [5.41, 5.74) is 1.10. The van der Waals surface area contributed by atoms with Gasteiger partial charge in [0.2, 0.25) is 0 Å². The van der Waals surface area contributed by atoms with E-state index in [0.717, 1.165) is 55.9 Å². The van der Waals surface area contributed by atoms with Gasteiger partial charge in [0.1, 0.15) is 17.2 Å². The number of rotatable bonds is 8. The number of benzene rings is 1. The predicted octanol–water partition coefficient (Wildman–Crippen LogP) is 3.03. The summed E-state index contributed by atoms with van der Waals surface area (Å²) in [6.07, 6.45) is 6.33. The zero-order chi connectivity index (χ0) is 22.1. The molecular weight excluding hydrogens is 523 g/mol. The minimum absolute atomic E-state index is 0. The van der Waals surface area contributed by atoms with E-state index in [1.54, 1.807) is 28.4 Å². The van der Waals surface area contributed by atoms with E-state index < -0.39 is 0 Å². The number of nitrogens with zero attached hydrogens (tertiary/aromatic N) is 2. The number of hydrogen-bond acceptors (Lipinski definition) is 6. The number of guanidine groups is 1. The molecule has 182 valence electrons. The Balaban J connectivity index is 0.00000363. The van der Waals surface area contributed by atoms with Crippen LogP contribution in [-0.2, 0) is 11.3 Å². The maximum atomic E-state index is 5.60. The number of hydrogen-bond donors (Lipinski definition) is 2. The zero-order valence-corrected chi connectivity index (χ0v) is 22.2. The van der Waals surface area contributed by atoms with E-state index in [1.807, 2.05) is 12.1 Å². The molecule has 0 aromatic heterocycles. The van der Waals surface area contributed by atoms with Crippen LogP contribution < -0.4 is 24.8 Å². The zero-order valence-electron chi connectivity index (χ0n) is 19.9. The van der Waals surface area contributed by atoms with Crippen LogP contribution in [-0.4, -0.2) is 77.6 Å². The van der Waals surface area contributed by atoms with Crippen LogP contribution >= 0.6 is 24.0 Å². The summed E-state index contributed by atoms with van der Waals surface area (Å²) in [6, 6.07) is 3.73. The fraction of sp³-hybridized carbons (Fsp3) is 0.696. The van der Waals surface area contributed by atoms with Gasteiger partial charge in [-0.2, -0.15) is 0 Å². The lowest BCUT2D eigenvalue weighted by atomic mass is 9.80. The van der Waals surface area contributed by atoms with Crippen LogP contribution in [0.5, 0.6) is 17.2 Å². The third-order valence-electron chi connectivity index (χ3n) is 6.52. The molecule has 1 heterocycles. The second-order valence-corrected chi connectivity index (χ2v) is 8.17. The predicted molar refractivity (Wildman–Crippen MR) is 138 cm³/mol. The number of ether oxygens (including phenoxy) is 4. The van der Waals surface area contributed by atoms with E-state index >= 15 is 0 Å². The molecule has 3 rings (SSSR count). The van der Waals surface area contributed by atoms with Gasteiger partial charge in [0, 0.05) is 44.4 Å². The minimum atomic E-state index is 0. The lowest BCUT2D eigenvalue weighted by Gasteiger charge is -2.48. The molecule has 1 aliphatic carbocycles. The summed E-state index contributed by atoms with van der Waals surface area (Å²) in [5.74, 6) is 2.91. The molecule has 2 aliphatic rings. The highest BCUT2D eigenvalue weighted by atomic mass is 127. The Morgan fingerprint density at radius 2 is 1.62 bits per heavy atom. The van der Waals surface area contributed by atoms with Crippen molar-refractivity contribution in [2.24, 2.45) is 4.99 Å². The van der Waals surface area contributed by atoms with E-state index in [1.165, 1.54) is 32.1 Å². The Labute approximate surface area is 209 Å². The van der Waals surface area contributed by atoms with Crippen molar-refractivity contribution in [2.45, 2.75) is 44.2 Å². The van der Waals surface area contributed by atoms with Gasteiger partial charge >= 0.3 is 0 Å². The molecule has 8 nitrogen and oxygen atoms in total. The summed E-state index contributed by atoms with van der Waals surface area (Å²) >= 11 is 0. The Kier molecular flexibility index (Phi) is 11.1. The normalized spacial score (nSPS) is 18.9. The first-order valence-corrected chi connectivity index (χ1v) is 11.2. The van der Waals surface area contributed by atoms with Crippen LogP contribution in [0.1, 0.15) is 37.7 Å². The summed E-state index contributed by atoms with van der Waals surface area (Å²) in [6.45, 7) is 5.07. The molecule has 0 atom stereocenters. The molecule has 1 aliphatic heterocycles. The molecule has 2 N–H and O–H groups in total. The Morgan fingerprint density at radius 1 is 1.00 bits per heavy atom. The molecule has 0 spiro atoms. The molecule has 0 radical (unpaired) electrons. The first-order chi connectivity index (χ1) is 15.2. The van der Waals surface area contributed by atoms with Crippen molar-refractivity contribution in [1.82, 2.24) is 15.5 Å². The van der Waals surface area contributed by atoms with Gasteiger partial charge in [0.25, 0.3) is 0 Å². The maximum Gasteiger partial charge on any atom is 0.191 e.